The number of hydrogen-bond donors (Lipinski definition) is 0. The highest BCUT2D eigenvalue weighted by atomic mass is 16.3. The lowest BCUT2D eigenvalue weighted by molar-refractivity contribution is 0.276. The van der Waals surface area contributed by atoms with E-state index in [9.17, 15) is 0 Å². The van der Waals surface area contributed by atoms with Crippen LogP contribution >= 0.6 is 0 Å². The Balaban J connectivity index is 2.31. The summed E-state index contributed by atoms with van der Waals surface area (Å²) >= 11 is 0. The summed E-state index contributed by atoms with van der Waals surface area (Å²) in [4.78, 5) is 0. The smallest absolute Gasteiger partial charge is 0.134 e. The van der Waals surface area contributed by atoms with Crippen molar-refractivity contribution in [2.45, 2.75) is 47.0 Å². The van der Waals surface area contributed by atoms with Gasteiger partial charge in [0.05, 0.1) is 0 Å². The SMILES string of the molecule is CCC(C)(CC)Cc1cc2cc(C)ccc2o1. The molecule has 0 saturated carbocycles. The highest BCUT2D eigenvalue weighted by Crippen LogP contribution is 2.32. The van der Waals surface area contributed by atoms with Crippen molar-refractivity contribution in [1.82, 2.24) is 0 Å². The Bertz CT molecular complexity index is 503. The molecule has 0 radical (unpaired) electrons. The Hall–Kier alpha value is -1.24. The van der Waals surface area contributed by atoms with Gasteiger partial charge in [-0.15, -0.1) is 0 Å². The minimum atomic E-state index is 0.364. The average molecular weight is 230 g/mol. The molecule has 92 valence electrons. The van der Waals surface area contributed by atoms with E-state index >= 15 is 0 Å². The second-order valence-corrected chi connectivity index (χ2v) is 5.45. The predicted molar refractivity (Wildman–Crippen MR) is 73.3 cm³/mol. The zero-order valence-electron chi connectivity index (χ0n) is 11.3. The van der Waals surface area contributed by atoms with Crippen molar-refractivity contribution in [2.24, 2.45) is 5.41 Å². The minimum Gasteiger partial charge on any atom is -0.461 e. The van der Waals surface area contributed by atoms with E-state index in [-0.39, 0.29) is 0 Å². The van der Waals surface area contributed by atoms with E-state index in [0.717, 1.165) is 17.8 Å². The van der Waals surface area contributed by atoms with Crippen molar-refractivity contribution in [3.8, 4) is 0 Å². The van der Waals surface area contributed by atoms with Gasteiger partial charge in [0.1, 0.15) is 11.3 Å². The highest BCUT2D eigenvalue weighted by molar-refractivity contribution is 5.78. The number of aryl methyl sites for hydroxylation is 1. The Kier molecular flexibility index (Phi) is 3.28. The summed E-state index contributed by atoms with van der Waals surface area (Å²) in [6.07, 6.45) is 3.42. The first-order chi connectivity index (χ1) is 8.06. The van der Waals surface area contributed by atoms with Crippen LogP contribution in [0.2, 0.25) is 0 Å². The molecule has 1 aromatic heterocycles. The number of furan rings is 1. The maximum atomic E-state index is 5.92. The fraction of sp³-hybridized carbons (Fsp3) is 0.500. The van der Waals surface area contributed by atoms with Crippen molar-refractivity contribution < 1.29 is 4.42 Å². The van der Waals surface area contributed by atoms with E-state index in [2.05, 4.69) is 52.0 Å². The van der Waals surface area contributed by atoms with Gasteiger partial charge < -0.3 is 4.42 Å². The minimum absolute atomic E-state index is 0.364. The van der Waals surface area contributed by atoms with Crippen molar-refractivity contribution in [2.75, 3.05) is 0 Å². The molecule has 1 heterocycles. The van der Waals surface area contributed by atoms with Gasteiger partial charge in [-0.1, -0.05) is 45.2 Å². The summed E-state index contributed by atoms with van der Waals surface area (Å²) in [6.45, 7) is 8.98. The lowest BCUT2D eigenvalue weighted by Crippen LogP contribution is -2.16. The van der Waals surface area contributed by atoms with Gasteiger partial charge >= 0.3 is 0 Å². The van der Waals surface area contributed by atoms with Crippen molar-refractivity contribution in [3.05, 3.63) is 35.6 Å². The van der Waals surface area contributed by atoms with E-state index in [0.29, 0.717) is 5.41 Å². The molecule has 0 aliphatic rings. The van der Waals surface area contributed by atoms with E-state index in [1.807, 2.05) is 0 Å². The Morgan fingerprint density at radius 2 is 1.82 bits per heavy atom. The molecule has 1 aromatic carbocycles. The van der Waals surface area contributed by atoms with Crippen LogP contribution in [0.5, 0.6) is 0 Å². The third kappa shape index (κ3) is 2.54. The topological polar surface area (TPSA) is 13.1 Å². The van der Waals surface area contributed by atoms with Gasteiger partial charge in [0.25, 0.3) is 0 Å². The largest absolute Gasteiger partial charge is 0.461 e. The molecule has 1 nitrogen and oxygen atoms in total. The number of fused-ring (bicyclic) bond motifs is 1. The first-order valence-electron chi connectivity index (χ1n) is 6.55. The normalized spacial score (nSPS) is 12.2. The zero-order valence-corrected chi connectivity index (χ0v) is 11.3. The Morgan fingerprint density at radius 1 is 1.12 bits per heavy atom. The molecular weight excluding hydrogens is 208 g/mol. The van der Waals surface area contributed by atoms with Gasteiger partial charge in [0.15, 0.2) is 0 Å². The zero-order chi connectivity index (χ0) is 12.5. The quantitative estimate of drug-likeness (QED) is 0.711. The summed E-state index contributed by atoms with van der Waals surface area (Å²) in [5.41, 5.74) is 2.67. The monoisotopic (exact) mass is 230 g/mol. The van der Waals surface area contributed by atoms with Gasteiger partial charge in [0, 0.05) is 11.8 Å². The first kappa shape index (κ1) is 12.2. The van der Waals surface area contributed by atoms with Crippen LogP contribution in [-0.2, 0) is 6.42 Å². The molecule has 0 atom stereocenters. The molecule has 0 fully saturated rings. The van der Waals surface area contributed by atoms with Crippen LogP contribution in [0.25, 0.3) is 11.0 Å². The molecule has 0 N–H and O–H groups in total. The fourth-order valence-electron chi connectivity index (χ4n) is 2.23. The molecular formula is C16H22O. The van der Waals surface area contributed by atoms with E-state index < -0.39 is 0 Å². The average Bonchev–Trinajstić information content (AvgIpc) is 2.70. The summed E-state index contributed by atoms with van der Waals surface area (Å²) < 4.78 is 5.92. The van der Waals surface area contributed by atoms with Crippen LogP contribution in [0.1, 0.15) is 44.9 Å². The maximum Gasteiger partial charge on any atom is 0.134 e. The van der Waals surface area contributed by atoms with Crippen LogP contribution in [0, 0.1) is 12.3 Å². The number of rotatable bonds is 4. The van der Waals surface area contributed by atoms with Gasteiger partial charge in [0.2, 0.25) is 0 Å². The molecule has 0 spiro atoms. The van der Waals surface area contributed by atoms with E-state index in [1.54, 1.807) is 0 Å². The molecule has 0 aliphatic carbocycles. The highest BCUT2D eigenvalue weighted by Gasteiger charge is 2.22. The van der Waals surface area contributed by atoms with Gasteiger partial charge in [-0.05, 0) is 30.5 Å². The molecule has 2 aromatic rings. The molecule has 0 bridgehead atoms. The maximum absolute atomic E-state index is 5.92. The Morgan fingerprint density at radius 3 is 2.47 bits per heavy atom. The van der Waals surface area contributed by atoms with Crippen LogP contribution in [-0.4, -0.2) is 0 Å². The molecule has 2 rings (SSSR count). The van der Waals surface area contributed by atoms with Crippen LogP contribution < -0.4 is 0 Å². The third-order valence-electron chi connectivity index (χ3n) is 4.03. The van der Waals surface area contributed by atoms with Gasteiger partial charge in [-0.3, -0.25) is 0 Å². The van der Waals surface area contributed by atoms with Crippen LogP contribution in [0.3, 0.4) is 0 Å². The van der Waals surface area contributed by atoms with Crippen molar-refractivity contribution in [3.63, 3.8) is 0 Å². The summed E-state index contributed by atoms with van der Waals surface area (Å²) in [7, 11) is 0. The van der Waals surface area contributed by atoms with Crippen molar-refractivity contribution in [1.29, 1.82) is 0 Å². The molecule has 0 amide bonds. The number of benzene rings is 1. The van der Waals surface area contributed by atoms with Gasteiger partial charge in [-0.2, -0.15) is 0 Å². The van der Waals surface area contributed by atoms with E-state index in [1.165, 1.54) is 23.8 Å². The fourth-order valence-corrected chi connectivity index (χ4v) is 2.23. The lowest BCUT2D eigenvalue weighted by Gasteiger charge is -2.25. The lowest BCUT2D eigenvalue weighted by atomic mass is 9.81. The standard InChI is InChI=1S/C16H22O/c1-5-16(4,6-2)11-14-10-13-9-12(3)7-8-15(13)17-14/h7-10H,5-6,11H2,1-4H3. The Labute approximate surface area is 104 Å². The second-order valence-electron chi connectivity index (χ2n) is 5.45. The van der Waals surface area contributed by atoms with Crippen LogP contribution in [0.15, 0.2) is 28.7 Å². The molecule has 0 saturated heterocycles. The molecule has 17 heavy (non-hydrogen) atoms. The second kappa shape index (κ2) is 4.56. The van der Waals surface area contributed by atoms with Gasteiger partial charge in [-0.25, -0.2) is 0 Å². The number of hydrogen-bond acceptors (Lipinski definition) is 1. The van der Waals surface area contributed by atoms with Crippen molar-refractivity contribution >= 4 is 11.0 Å². The predicted octanol–water partition coefficient (Wildman–Crippen LogP) is 5.11. The molecule has 0 aliphatic heterocycles. The van der Waals surface area contributed by atoms with E-state index in [4.69, 9.17) is 4.42 Å². The summed E-state index contributed by atoms with van der Waals surface area (Å²) in [6, 6.07) is 8.57. The first-order valence-corrected chi connectivity index (χ1v) is 6.55. The molecule has 1 heteroatoms. The summed E-state index contributed by atoms with van der Waals surface area (Å²) in [5, 5.41) is 1.23. The molecule has 0 unspecified atom stereocenters. The summed E-state index contributed by atoms with van der Waals surface area (Å²) in [5.74, 6) is 1.12. The third-order valence-corrected chi connectivity index (χ3v) is 4.03. The van der Waals surface area contributed by atoms with Crippen LogP contribution in [0.4, 0.5) is 0 Å².